The summed E-state index contributed by atoms with van der Waals surface area (Å²) >= 11 is 0. The Bertz CT molecular complexity index is 188. The molecule has 0 heterocycles. The summed E-state index contributed by atoms with van der Waals surface area (Å²) in [6.07, 6.45) is 9.70. The van der Waals surface area contributed by atoms with Crippen molar-refractivity contribution in [3.8, 4) is 0 Å². The Morgan fingerprint density at radius 2 is 1.53 bits per heavy atom. The fourth-order valence-electron chi connectivity index (χ4n) is 2.43. The zero-order valence-corrected chi connectivity index (χ0v) is 12.9. The number of allylic oxidation sites excluding steroid dienone is 1. The summed E-state index contributed by atoms with van der Waals surface area (Å²) in [6.45, 7) is 15.0. The summed E-state index contributed by atoms with van der Waals surface area (Å²) in [4.78, 5) is 2.69. The van der Waals surface area contributed by atoms with E-state index < -0.39 is 0 Å². The molecule has 0 aromatic heterocycles. The van der Waals surface area contributed by atoms with Crippen LogP contribution in [-0.4, -0.2) is 23.5 Å². The van der Waals surface area contributed by atoms with E-state index in [0.717, 1.165) is 5.92 Å². The van der Waals surface area contributed by atoms with Crippen LogP contribution in [0.2, 0.25) is 0 Å². The third-order valence-electron chi connectivity index (χ3n) is 3.88. The average Bonchev–Trinajstić information content (AvgIpc) is 2.34. The van der Waals surface area contributed by atoms with Gasteiger partial charge in [0.2, 0.25) is 0 Å². The molecule has 0 amide bonds. The molecule has 0 aliphatic carbocycles. The van der Waals surface area contributed by atoms with E-state index in [2.05, 4.69) is 58.6 Å². The van der Waals surface area contributed by atoms with Crippen molar-refractivity contribution < 1.29 is 0 Å². The highest BCUT2D eigenvalue weighted by Crippen LogP contribution is 2.18. The monoisotopic (exact) mass is 239 g/mol. The van der Waals surface area contributed by atoms with Gasteiger partial charge in [-0.15, -0.1) is 0 Å². The molecule has 0 radical (unpaired) electrons. The van der Waals surface area contributed by atoms with Crippen molar-refractivity contribution in [2.24, 2.45) is 5.92 Å². The second-order valence-corrected chi connectivity index (χ2v) is 5.29. The molecule has 0 rings (SSSR count). The predicted molar refractivity (Wildman–Crippen MR) is 79.4 cm³/mol. The quantitative estimate of drug-likeness (QED) is 0.518. The third-order valence-corrected chi connectivity index (χ3v) is 3.88. The van der Waals surface area contributed by atoms with Gasteiger partial charge in [-0.1, -0.05) is 39.3 Å². The van der Waals surface area contributed by atoms with Crippen LogP contribution in [0.25, 0.3) is 0 Å². The number of rotatable bonds is 9. The van der Waals surface area contributed by atoms with Gasteiger partial charge in [0.05, 0.1) is 0 Å². The largest absolute Gasteiger partial charge is 0.297 e. The summed E-state index contributed by atoms with van der Waals surface area (Å²) < 4.78 is 0. The fourth-order valence-corrected chi connectivity index (χ4v) is 2.43. The highest BCUT2D eigenvalue weighted by atomic mass is 15.2. The molecule has 3 atom stereocenters. The standard InChI is InChI=1S/C16H33N/c1-7-11-16(12-8-2)13-17(14(5)9-3)15(6)10-4/h7,11,14-16H,8-10,12-13H2,1-6H3/b11-7+. The Hall–Kier alpha value is -0.300. The third kappa shape index (κ3) is 6.26. The SMILES string of the molecule is C/C=C/C(CCC)CN(C(C)CC)C(C)CC. The minimum atomic E-state index is 0.703. The van der Waals surface area contributed by atoms with Crippen LogP contribution in [0.1, 0.15) is 67.2 Å². The van der Waals surface area contributed by atoms with Gasteiger partial charge in [0.15, 0.2) is 0 Å². The van der Waals surface area contributed by atoms with Gasteiger partial charge in [0, 0.05) is 18.6 Å². The Kier molecular flexibility index (Phi) is 9.53. The lowest BCUT2D eigenvalue weighted by Gasteiger charge is -2.36. The number of hydrogen-bond donors (Lipinski definition) is 0. The molecule has 0 saturated heterocycles. The molecular weight excluding hydrogens is 206 g/mol. The van der Waals surface area contributed by atoms with Crippen LogP contribution in [0.15, 0.2) is 12.2 Å². The van der Waals surface area contributed by atoms with Gasteiger partial charge in [-0.05, 0) is 46.0 Å². The second-order valence-electron chi connectivity index (χ2n) is 5.29. The van der Waals surface area contributed by atoms with E-state index >= 15 is 0 Å². The molecule has 0 N–H and O–H groups in total. The smallest absolute Gasteiger partial charge is 0.00673 e. The zero-order chi connectivity index (χ0) is 13.3. The number of nitrogens with zero attached hydrogens (tertiary/aromatic N) is 1. The fraction of sp³-hybridized carbons (Fsp3) is 0.875. The van der Waals surface area contributed by atoms with Crippen LogP contribution in [0.3, 0.4) is 0 Å². The lowest BCUT2D eigenvalue weighted by molar-refractivity contribution is 0.128. The topological polar surface area (TPSA) is 3.24 Å². The summed E-state index contributed by atoms with van der Waals surface area (Å²) in [5, 5.41) is 0. The normalized spacial score (nSPS) is 17.6. The van der Waals surface area contributed by atoms with Gasteiger partial charge in [-0.2, -0.15) is 0 Å². The van der Waals surface area contributed by atoms with Gasteiger partial charge in [0.25, 0.3) is 0 Å². The van der Waals surface area contributed by atoms with Crippen molar-refractivity contribution >= 4 is 0 Å². The van der Waals surface area contributed by atoms with E-state index in [9.17, 15) is 0 Å². The molecule has 1 heteroatoms. The maximum absolute atomic E-state index is 2.69. The first kappa shape index (κ1) is 16.7. The van der Waals surface area contributed by atoms with E-state index in [1.54, 1.807) is 0 Å². The molecule has 17 heavy (non-hydrogen) atoms. The van der Waals surface area contributed by atoms with Crippen molar-refractivity contribution in [2.45, 2.75) is 79.3 Å². The first-order chi connectivity index (χ1) is 8.10. The molecule has 0 aromatic rings. The predicted octanol–water partition coefficient (Wildman–Crippen LogP) is 4.88. The lowest BCUT2D eigenvalue weighted by Crippen LogP contribution is -2.42. The van der Waals surface area contributed by atoms with Crippen LogP contribution in [-0.2, 0) is 0 Å². The summed E-state index contributed by atoms with van der Waals surface area (Å²) in [5.74, 6) is 0.730. The van der Waals surface area contributed by atoms with E-state index in [1.165, 1.54) is 32.2 Å². The molecule has 0 aliphatic heterocycles. The van der Waals surface area contributed by atoms with Crippen molar-refractivity contribution in [3.63, 3.8) is 0 Å². The Balaban J connectivity index is 4.57. The van der Waals surface area contributed by atoms with E-state index in [-0.39, 0.29) is 0 Å². The minimum Gasteiger partial charge on any atom is -0.297 e. The summed E-state index contributed by atoms with van der Waals surface area (Å²) in [6, 6.07) is 1.41. The lowest BCUT2D eigenvalue weighted by atomic mass is 9.99. The highest BCUT2D eigenvalue weighted by Gasteiger charge is 2.20. The molecule has 3 unspecified atom stereocenters. The minimum absolute atomic E-state index is 0.703. The first-order valence-electron chi connectivity index (χ1n) is 7.49. The van der Waals surface area contributed by atoms with E-state index in [1.807, 2.05) is 0 Å². The second kappa shape index (κ2) is 9.70. The van der Waals surface area contributed by atoms with Crippen molar-refractivity contribution in [1.29, 1.82) is 0 Å². The van der Waals surface area contributed by atoms with Crippen molar-refractivity contribution in [2.75, 3.05) is 6.54 Å². The molecule has 0 fully saturated rings. The van der Waals surface area contributed by atoms with Crippen LogP contribution < -0.4 is 0 Å². The summed E-state index contributed by atoms with van der Waals surface area (Å²) in [5.41, 5.74) is 0. The summed E-state index contributed by atoms with van der Waals surface area (Å²) in [7, 11) is 0. The van der Waals surface area contributed by atoms with Crippen molar-refractivity contribution in [1.82, 2.24) is 4.90 Å². The molecule has 0 aromatic carbocycles. The van der Waals surface area contributed by atoms with Crippen LogP contribution >= 0.6 is 0 Å². The molecule has 102 valence electrons. The van der Waals surface area contributed by atoms with Crippen LogP contribution in [0.4, 0.5) is 0 Å². The molecule has 0 aliphatic rings. The average molecular weight is 239 g/mol. The highest BCUT2D eigenvalue weighted by molar-refractivity contribution is 4.89. The maximum Gasteiger partial charge on any atom is 0.00673 e. The van der Waals surface area contributed by atoms with E-state index in [0.29, 0.717) is 12.1 Å². The molecular formula is C16H33N. The van der Waals surface area contributed by atoms with Crippen LogP contribution in [0.5, 0.6) is 0 Å². The zero-order valence-electron chi connectivity index (χ0n) is 12.9. The van der Waals surface area contributed by atoms with Crippen molar-refractivity contribution in [3.05, 3.63) is 12.2 Å². The van der Waals surface area contributed by atoms with E-state index in [4.69, 9.17) is 0 Å². The first-order valence-corrected chi connectivity index (χ1v) is 7.49. The Morgan fingerprint density at radius 3 is 1.88 bits per heavy atom. The molecule has 1 nitrogen and oxygen atoms in total. The maximum atomic E-state index is 2.69. The molecule has 0 saturated carbocycles. The van der Waals surface area contributed by atoms with Gasteiger partial charge in [-0.3, -0.25) is 4.90 Å². The Labute approximate surface area is 109 Å². The Morgan fingerprint density at radius 1 is 1.00 bits per heavy atom. The number of hydrogen-bond acceptors (Lipinski definition) is 1. The molecule has 0 bridgehead atoms. The van der Waals surface area contributed by atoms with Gasteiger partial charge in [-0.25, -0.2) is 0 Å². The van der Waals surface area contributed by atoms with Gasteiger partial charge < -0.3 is 0 Å². The van der Waals surface area contributed by atoms with Crippen LogP contribution in [0, 0.1) is 5.92 Å². The van der Waals surface area contributed by atoms with Gasteiger partial charge >= 0.3 is 0 Å². The molecule has 0 spiro atoms. The van der Waals surface area contributed by atoms with Gasteiger partial charge in [0.1, 0.15) is 0 Å².